The van der Waals surface area contributed by atoms with Crippen molar-refractivity contribution < 1.29 is 8.42 Å². The summed E-state index contributed by atoms with van der Waals surface area (Å²) in [5.41, 5.74) is 0. The number of hydrogen-bond donors (Lipinski definition) is 1. The van der Waals surface area contributed by atoms with Gasteiger partial charge in [0.1, 0.15) is 6.04 Å². The summed E-state index contributed by atoms with van der Waals surface area (Å²) in [6.07, 6.45) is 0.420. The van der Waals surface area contributed by atoms with Crippen molar-refractivity contribution in [3.8, 4) is 6.07 Å². The minimum Gasteiger partial charge on any atom is -0.207 e. The topological polar surface area (TPSA) is 70.0 Å². The molecule has 0 heterocycles. The lowest BCUT2D eigenvalue weighted by atomic mass is 10.3. The zero-order chi connectivity index (χ0) is 12.2. The van der Waals surface area contributed by atoms with Crippen molar-refractivity contribution in [2.75, 3.05) is 0 Å². The fourth-order valence-electron chi connectivity index (χ4n) is 1.07. The Kier molecular flexibility index (Phi) is 4.30. The van der Waals surface area contributed by atoms with Crippen molar-refractivity contribution in [2.45, 2.75) is 24.3 Å². The van der Waals surface area contributed by atoms with Gasteiger partial charge in [0.05, 0.1) is 11.0 Å². The number of nitrogens with one attached hydrogen (secondary N) is 1. The molecule has 0 unspecified atom stereocenters. The Bertz CT molecular complexity index is 491. The zero-order valence-corrected chi connectivity index (χ0v) is 10.2. The summed E-state index contributed by atoms with van der Waals surface area (Å²) in [6, 6.07) is 6.94. The monoisotopic (exact) mass is 258 g/mol. The predicted octanol–water partition coefficient (Wildman–Crippen LogP) is 1.92. The summed E-state index contributed by atoms with van der Waals surface area (Å²) < 4.78 is 25.8. The van der Waals surface area contributed by atoms with Gasteiger partial charge in [-0.05, 0) is 30.7 Å². The van der Waals surface area contributed by atoms with Crippen molar-refractivity contribution in [2.24, 2.45) is 0 Å². The van der Waals surface area contributed by atoms with Gasteiger partial charge in [-0.25, -0.2) is 8.42 Å². The summed E-state index contributed by atoms with van der Waals surface area (Å²) in [4.78, 5) is 0.102. The molecule has 0 aliphatic rings. The molecule has 1 atom stereocenters. The molecule has 0 aromatic heterocycles. The Hall–Kier alpha value is -1.09. The molecule has 0 amide bonds. The highest BCUT2D eigenvalue weighted by molar-refractivity contribution is 7.89. The highest BCUT2D eigenvalue weighted by atomic mass is 35.5. The Balaban J connectivity index is 2.95. The Morgan fingerprint density at radius 3 is 2.44 bits per heavy atom. The molecule has 0 saturated carbocycles. The van der Waals surface area contributed by atoms with E-state index in [9.17, 15) is 8.42 Å². The van der Waals surface area contributed by atoms with Crippen molar-refractivity contribution in [1.29, 1.82) is 5.26 Å². The second-order valence-corrected chi connectivity index (χ2v) is 5.32. The smallest absolute Gasteiger partial charge is 0.207 e. The molecule has 0 spiro atoms. The zero-order valence-electron chi connectivity index (χ0n) is 8.64. The molecule has 1 rings (SSSR count). The first-order valence-electron chi connectivity index (χ1n) is 4.67. The van der Waals surface area contributed by atoms with E-state index in [2.05, 4.69) is 4.72 Å². The molecule has 0 fully saturated rings. The number of rotatable bonds is 4. The van der Waals surface area contributed by atoms with E-state index in [0.29, 0.717) is 11.4 Å². The van der Waals surface area contributed by atoms with Crippen molar-refractivity contribution in [1.82, 2.24) is 4.72 Å². The molecule has 0 radical (unpaired) electrons. The molecule has 4 nitrogen and oxygen atoms in total. The van der Waals surface area contributed by atoms with E-state index in [1.54, 1.807) is 6.92 Å². The number of sulfonamides is 1. The second kappa shape index (κ2) is 5.30. The van der Waals surface area contributed by atoms with Crippen molar-refractivity contribution in [3.05, 3.63) is 29.3 Å². The first-order chi connectivity index (χ1) is 7.49. The lowest BCUT2D eigenvalue weighted by Crippen LogP contribution is -2.33. The van der Waals surface area contributed by atoms with E-state index < -0.39 is 16.1 Å². The number of nitrogens with zero attached hydrogens (tertiary/aromatic N) is 1. The van der Waals surface area contributed by atoms with E-state index in [0.717, 1.165) is 0 Å². The first-order valence-corrected chi connectivity index (χ1v) is 6.53. The third-order valence-electron chi connectivity index (χ3n) is 1.99. The molecular weight excluding hydrogens is 248 g/mol. The maximum atomic E-state index is 11.8. The highest BCUT2D eigenvalue weighted by Crippen LogP contribution is 2.14. The minimum atomic E-state index is -3.63. The van der Waals surface area contributed by atoms with Crippen LogP contribution in [0.2, 0.25) is 5.02 Å². The molecular formula is C10H11ClN2O2S. The minimum absolute atomic E-state index is 0.102. The molecule has 0 aliphatic carbocycles. The van der Waals surface area contributed by atoms with Crippen LogP contribution in [0.5, 0.6) is 0 Å². The first kappa shape index (κ1) is 13.0. The standard InChI is InChI=1S/C10H11ClN2O2S/c1-2-9(7-12)13-16(14,15)10-5-3-8(11)4-6-10/h3-6,9,13H,2H2,1H3/t9-/m0/s1. The van der Waals surface area contributed by atoms with Crippen LogP contribution in [0.3, 0.4) is 0 Å². The summed E-state index contributed by atoms with van der Waals surface area (Å²) in [5, 5.41) is 9.15. The maximum absolute atomic E-state index is 11.8. The third kappa shape index (κ3) is 3.20. The molecule has 0 saturated heterocycles. The fourth-order valence-corrected chi connectivity index (χ4v) is 2.42. The third-order valence-corrected chi connectivity index (χ3v) is 3.72. The van der Waals surface area contributed by atoms with Gasteiger partial charge in [-0.1, -0.05) is 18.5 Å². The fraction of sp³-hybridized carbons (Fsp3) is 0.300. The lowest BCUT2D eigenvalue weighted by Gasteiger charge is -2.09. The predicted molar refractivity (Wildman–Crippen MR) is 61.5 cm³/mol. The van der Waals surface area contributed by atoms with Crippen molar-refractivity contribution in [3.63, 3.8) is 0 Å². The van der Waals surface area contributed by atoms with Crippen LogP contribution >= 0.6 is 11.6 Å². The number of halogens is 1. The van der Waals surface area contributed by atoms with Crippen LogP contribution < -0.4 is 4.72 Å². The molecule has 1 aromatic carbocycles. The van der Waals surface area contributed by atoms with Crippen LogP contribution in [-0.4, -0.2) is 14.5 Å². The van der Waals surface area contributed by atoms with Crippen LogP contribution in [0.1, 0.15) is 13.3 Å². The second-order valence-electron chi connectivity index (χ2n) is 3.17. The number of hydrogen-bond acceptors (Lipinski definition) is 3. The molecule has 6 heteroatoms. The van der Waals surface area contributed by atoms with Gasteiger partial charge in [0.2, 0.25) is 10.0 Å². The van der Waals surface area contributed by atoms with E-state index in [1.807, 2.05) is 6.07 Å². The SMILES string of the molecule is CC[C@@H](C#N)NS(=O)(=O)c1ccc(Cl)cc1. The average molecular weight is 259 g/mol. The average Bonchev–Trinajstić information content (AvgIpc) is 2.26. The van der Waals surface area contributed by atoms with E-state index >= 15 is 0 Å². The van der Waals surface area contributed by atoms with Crippen LogP contribution in [0.15, 0.2) is 29.2 Å². The van der Waals surface area contributed by atoms with Gasteiger partial charge < -0.3 is 0 Å². The van der Waals surface area contributed by atoms with Crippen LogP contribution in [0, 0.1) is 11.3 Å². The van der Waals surface area contributed by atoms with Crippen LogP contribution in [-0.2, 0) is 10.0 Å². The Morgan fingerprint density at radius 1 is 1.44 bits per heavy atom. The van der Waals surface area contributed by atoms with Gasteiger partial charge in [-0.2, -0.15) is 9.98 Å². The molecule has 1 N–H and O–H groups in total. The van der Waals surface area contributed by atoms with Gasteiger partial charge in [0.25, 0.3) is 0 Å². The molecule has 0 aliphatic heterocycles. The molecule has 86 valence electrons. The lowest BCUT2D eigenvalue weighted by molar-refractivity contribution is 0.569. The normalized spacial score (nSPS) is 13.1. The summed E-state index contributed by atoms with van der Waals surface area (Å²) in [6.45, 7) is 1.73. The van der Waals surface area contributed by atoms with Crippen LogP contribution in [0.25, 0.3) is 0 Å². The molecule has 0 bridgehead atoms. The quantitative estimate of drug-likeness (QED) is 0.897. The van der Waals surface area contributed by atoms with Gasteiger partial charge in [0.15, 0.2) is 0 Å². The highest BCUT2D eigenvalue weighted by Gasteiger charge is 2.18. The summed E-state index contributed by atoms with van der Waals surface area (Å²) >= 11 is 5.65. The Labute approximate surface area is 99.9 Å². The number of benzene rings is 1. The van der Waals surface area contributed by atoms with Gasteiger partial charge in [-0.15, -0.1) is 0 Å². The van der Waals surface area contributed by atoms with E-state index in [-0.39, 0.29) is 4.90 Å². The van der Waals surface area contributed by atoms with Gasteiger partial charge in [0, 0.05) is 5.02 Å². The van der Waals surface area contributed by atoms with Gasteiger partial charge in [-0.3, -0.25) is 0 Å². The van der Waals surface area contributed by atoms with Crippen molar-refractivity contribution >= 4 is 21.6 Å². The van der Waals surface area contributed by atoms with E-state index in [1.165, 1.54) is 24.3 Å². The van der Waals surface area contributed by atoms with E-state index in [4.69, 9.17) is 16.9 Å². The van der Waals surface area contributed by atoms with Crippen LogP contribution in [0.4, 0.5) is 0 Å². The number of nitriles is 1. The van der Waals surface area contributed by atoms with Gasteiger partial charge >= 0.3 is 0 Å². The maximum Gasteiger partial charge on any atom is 0.241 e. The largest absolute Gasteiger partial charge is 0.241 e. The molecule has 16 heavy (non-hydrogen) atoms. The summed E-state index contributed by atoms with van der Waals surface area (Å²) in [5.74, 6) is 0. The Morgan fingerprint density at radius 2 is 2.00 bits per heavy atom. The molecule has 1 aromatic rings. The summed E-state index contributed by atoms with van der Waals surface area (Å²) in [7, 11) is -3.63.